The van der Waals surface area contributed by atoms with Crippen molar-refractivity contribution in [2.24, 2.45) is 0 Å². The van der Waals surface area contributed by atoms with Gasteiger partial charge in [0.1, 0.15) is 0 Å². The highest BCUT2D eigenvalue weighted by Gasteiger charge is 2.11. The second-order valence-electron chi connectivity index (χ2n) is 6.67. The highest BCUT2D eigenvalue weighted by Crippen LogP contribution is 2.20. The van der Waals surface area contributed by atoms with Crippen LogP contribution in [-0.2, 0) is 0 Å². The standard InChI is InChI=1S/C21H23N5O/c27-21(23-10-13-26-11-8-22-9-12-26)17-5-3-4-16(14-17)20-15-24-18-6-1-2-7-19(18)25-20/h1-7,14-15,22H,8-13H2,(H,23,27). The van der Waals surface area contributed by atoms with Crippen molar-refractivity contribution in [2.75, 3.05) is 39.3 Å². The number of aromatic nitrogens is 2. The van der Waals surface area contributed by atoms with Gasteiger partial charge in [-0.2, -0.15) is 0 Å². The molecule has 1 amide bonds. The van der Waals surface area contributed by atoms with Gasteiger partial charge in [-0.15, -0.1) is 0 Å². The van der Waals surface area contributed by atoms with Crippen LogP contribution in [0.3, 0.4) is 0 Å². The maximum Gasteiger partial charge on any atom is 0.251 e. The van der Waals surface area contributed by atoms with E-state index in [4.69, 9.17) is 0 Å². The van der Waals surface area contributed by atoms with Crippen molar-refractivity contribution in [1.82, 2.24) is 25.5 Å². The number of rotatable bonds is 5. The van der Waals surface area contributed by atoms with E-state index in [0.29, 0.717) is 12.1 Å². The zero-order valence-electron chi connectivity index (χ0n) is 15.2. The number of carbonyl (C=O) groups is 1. The van der Waals surface area contributed by atoms with Crippen LogP contribution in [0.2, 0.25) is 0 Å². The summed E-state index contributed by atoms with van der Waals surface area (Å²) in [6.07, 6.45) is 1.75. The predicted octanol–water partition coefficient (Wildman–Crippen LogP) is 1.93. The number of fused-ring (bicyclic) bond motifs is 1. The Morgan fingerprint density at radius 2 is 1.89 bits per heavy atom. The number of hydrogen-bond acceptors (Lipinski definition) is 5. The Balaban J connectivity index is 1.43. The molecule has 0 aliphatic carbocycles. The lowest BCUT2D eigenvalue weighted by atomic mass is 10.1. The van der Waals surface area contributed by atoms with Crippen molar-refractivity contribution in [3.05, 3.63) is 60.3 Å². The van der Waals surface area contributed by atoms with Crippen LogP contribution in [0.1, 0.15) is 10.4 Å². The fourth-order valence-corrected chi connectivity index (χ4v) is 3.28. The molecule has 6 heteroatoms. The van der Waals surface area contributed by atoms with Gasteiger partial charge in [-0.3, -0.25) is 14.7 Å². The van der Waals surface area contributed by atoms with E-state index in [1.165, 1.54) is 0 Å². The number of hydrogen-bond donors (Lipinski definition) is 2. The van der Waals surface area contributed by atoms with Crippen molar-refractivity contribution < 1.29 is 4.79 Å². The maximum absolute atomic E-state index is 12.5. The molecule has 2 N–H and O–H groups in total. The Morgan fingerprint density at radius 3 is 2.74 bits per heavy atom. The molecule has 1 aliphatic heterocycles. The maximum atomic E-state index is 12.5. The number of para-hydroxylation sites is 2. The first-order valence-corrected chi connectivity index (χ1v) is 9.33. The summed E-state index contributed by atoms with van der Waals surface area (Å²) >= 11 is 0. The summed E-state index contributed by atoms with van der Waals surface area (Å²) in [6.45, 7) is 5.63. The molecule has 0 spiro atoms. The van der Waals surface area contributed by atoms with Crippen LogP contribution < -0.4 is 10.6 Å². The minimum Gasteiger partial charge on any atom is -0.351 e. The van der Waals surface area contributed by atoms with Gasteiger partial charge in [0.15, 0.2) is 0 Å². The van der Waals surface area contributed by atoms with Crippen LogP contribution in [-0.4, -0.2) is 60.0 Å². The van der Waals surface area contributed by atoms with Crippen molar-refractivity contribution in [3.8, 4) is 11.3 Å². The molecule has 0 unspecified atom stereocenters. The van der Waals surface area contributed by atoms with Crippen LogP contribution in [0.15, 0.2) is 54.7 Å². The van der Waals surface area contributed by atoms with Gasteiger partial charge in [-0.25, -0.2) is 4.98 Å². The third kappa shape index (κ3) is 4.30. The molecular formula is C21H23N5O. The molecule has 0 bridgehead atoms. The average Bonchev–Trinajstić information content (AvgIpc) is 2.74. The van der Waals surface area contributed by atoms with Crippen LogP contribution in [0.5, 0.6) is 0 Å². The fraction of sp³-hybridized carbons (Fsp3) is 0.286. The molecule has 0 saturated carbocycles. The molecule has 6 nitrogen and oxygen atoms in total. The van der Waals surface area contributed by atoms with Crippen LogP contribution >= 0.6 is 0 Å². The number of carbonyl (C=O) groups excluding carboxylic acids is 1. The smallest absolute Gasteiger partial charge is 0.251 e. The summed E-state index contributed by atoms with van der Waals surface area (Å²) < 4.78 is 0. The summed E-state index contributed by atoms with van der Waals surface area (Å²) in [5.41, 5.74) is 4.01. The van der Waals surface area contributed by atoms with Gasteiger partial charge in [0, 0.05) is 50.4 Å². The SMILES string of the molecule is O=C(NCCN1CCNCC1)c1cccc(-c2cnc3ccccc3n2)c1. The number of nitrogens with one attached hydrogen (secondary N) is 2. The first-order chi connectivity index (χ1) is 13.3. The molecule has 27 heavy (non-hydrogen) atoms. The van der Waals surface area contributed by atoms with Crippen molar-refractivity contribution in [3.63, 3.8) is 0 Å². The Bertz CT molecular complexity index is 937. The first-order valence-electron chi connectivity index (χ1n) is 9.33. The normalized spacial score (nSPS) is 15.0. The van der Waals surface area contributed by atoms with Crippen LogP contribution in [0.4, 0.5) is 0 Å². The van der Waals surface area contributed by atoms with E-state index in [-0.39, 0.29) is 5.91 Å². The second-order valence-corrected chi connectivity index (χ2v) is 6.67. The molecule has 1 aliphatic rings. The van der Waals surface area contributed by atoms with Gasteiger partial charge in [0.2, 0.25) is 0 Å². The number of piperazine rings is 1. The van der Waals surface area contributed by atoms with E-state index in [1.54, 1.807) is 6.20 Å². The van der Waals surface area contributed by atoms with E-state index in [9.17, 15) is 4.79 Å². The summed E-state index contributed by atoms with van der Waals surface area (Å²) in [5.74, 6) is -0.0549. The van der Waals surface area contributed by atoms with E-state index in [2.05, 4.69) is 25.5 Å². The Hall–Kier alpha value is -2.83. The largest absolute Gasteiger partial charge is 0.351 e. The van der Waals surface area contributed by atoms with Crippen molar-refractivity contribution >= 4 is 16.9 Å². The van der Waals surface area contributed by atoms with Gasteiger partial charge < -0.3 is 10.6 Å². The van der Waals surface area contributed by atoms with E-state index < -0.39 is 0 Å². The summed E-state index contributed by atoms with van der Waals surface area (Å²) in [6, 6.07) is 15.3. The molecule has 0 radical (unpaired) electrons. The lowest BCUT2D eigenvalue weighted by molar-refractivity contribution is 0.0947. The fourth-order valence-electron chi connectivity index (χ4n) is 3.28. The van der Waals surface area contributed by atoms with Gasteiger partial charge in [0.05, 0.1) is 22.9 Å². The molecule has 1 fully saturated rings. The zero-order chi connectivity index (χ0) is 18.5. The molecular weight excluding hydrogens is 338 g/mol. The molecule has 1 aromatic heterocycles. The predicted molar refractivity (Wildman–Crippen MR) is 107 cm³/mol. The third-order valence-corrected chi connectivity index (χ3v) is 4.79. The van der Waals surface area contributed by atoms with Crippen molar-refractivity contribution in [1.29, 1.82) is 0 Å². The second kappa shape index (κ2) is 8.24. The van der Waals surface area contributed by atoms with Gasteiger partial charge in [0.25, 0.3) is 5.91 Å². The lowest BCUT2D eigenvalue weighted by Gasteiger charge is -2.27. The quantitative estimate of drug-likeness (QED) is 0.727. The first kappa shape index (κ1) is 17.6. The van der Waals surface area contributed by atoms with E-state index >= 15 is 0 Å². The Morgan fingerprint density at radius 1 is 1.07 bits per heavy atom. The highest BCUT2D eigenvalue weighted by atomic mass is 16.1. The topological polar surface area (TPSA) is 70.2 Å². The van der Waals surface area contributed by atoms with Gasteiger partial charge in [-0.05, 0) is 24.3 Å². The molecule has 4 rings (SSSR count). The Labute approximate surface area is 158 Å². The minimum atomic E-state index is -0.0549. The molecule has 1 saturated heterocycles. The van der Waals surface area contributed by atoms with Crippen LogP contribution in [0, 0.1) is 0 Å². The monoisotopic (exact) mass is 361 g/mol. The number of nitrogens with zero attached hydrogens (tertiary/aromatic N) is 3. The molecule has 2 aromatic carbocycles. The van der Waals surface area contributed by atoms with Crippen molar-refractivity contribution in [2.45, 2.75) is 0 Å². The van der Waals surface area contributed by atoms with E-state index in [0.717, 1.165) is 55.0 Å². The Kier molecular flexibility index (Phi) is 5.37. The minimum absolute atomic E-state index is 0.0549. The number of amides is 1. The van der Waals surface area contributed by atoms with E-state index in [1.807, 2.05) is 48.5 Å². The molecule has 2 heterocycles. The van der Waals surface area contributed by atoms with Crippen LogP contribution in [0.25, 0.3) is 22.3 Å². The average molecular weight is 361 g/mol. The molecule has 138 valence electrons. The van der Waals surface area contributed by atoms with Gasteiger partial charge >= 0.3 is 0 Å². The van der Waals surface area contributed by atoms with Gasteiger partial charge in [-0.1, -0.05) is 24.3 Å². The summed E-state index contributed by atoms with van der Waals surface area (Å²) in [4.78, 5) is 24.0. The molecule has 0 atom stereocenters. The summed E-state index contributed by atoms with van der Waals surface area (Å²) in [7, 11) is 0. The summed E-state index contributed by atoms with van der Waals surface area (Å²) in [5, 5.41) is 6.35. The lowest BCUT2D eigenvalue weighted by Crippen LogP contribution is -2.46. The third-order valence-electron chi connectivity index (χ3n) is 4.79. The highest BCUT2D eigenvalue weighted by molar-refractivity contribution is 5.95. The molecule has 3 aromatic rings. The zero-order valence-corrected chi connectivity index (χ0v) is 15.2. The number of benzene rings is 2.